The van der Waals surface area contributed by atoms with E-state index in [1.165, 1.54) is 0 Å². The molecule has 0 aliphatic carbocycles. The van der Waals surface area contributed by atoms with Gasteiger partial charge in [-0.3, -0.25) is 0 Å². The number of nitroso groups, excluding NO2 is 1. The summed E-state index contributed by atoms with van der Waals surface area (Å²) >= 11 is 0. The summed E-state index contributed by atoms with van der Waals surface area (Å²) in [6.07, 6.45) is 1.59. The van der Waals surface area contributed by atoms with Gasteiger partial charge in [0.1, 0.15) is 0 Å². The molecular formula is C4H10N4O. The van der Waals surface area contributed by atoms with Crippen molar-refractivity contribution in [2.45, 2.75) is 12.8 Å². The molecule has 0 aliphatic heterocycles. The average molecular weight is 130 g/mol. The molecule has 0 spiro atoms. The summed E-state index contributed by atoms with van der Waals surface area (Å²) in [5.41, 5.74) is 0. The Balaban J connectivity index is 2.82. The molecule has 5 heteroatoms. The van der Waals surface area contributed by atoms with Crippen molar-refractivity contribution in [1.82, 2.24) is 0 Å². The third-order valence-electron chi connectivity index (χ3n) is 0.839. The molecule has 0 fully saturated rings. The summed E-state index contributed by atoms with van der Waals surface area (Å²) in [6, 6.07) is 0. The van der Waals surface area contributed by atoms with Gasteiger partial charge in [-0.2, -0.15) is 10.0 Å². The second-order valence-corrected chi connectivity index (χ2v) is 1.54. The summed E-state index contributed by atoms with van der Waals surface area (Å²) in [7, 11) is 0. The molecule has 0 heterocycles. The molecule has 0 atom stereocenters. The highest BCUT2D eigenvalue weighted by molar-refractivity contribution is 4.44. The van der Waals surface area contributed by atoms with Gasteiger partial charge in [-0.1, -0.05) is 10.4 Å². The fraction of sp³-hybridized carbons (Fsp3) is 1.00. The van der Waals surface area contributed by atoms with Crippen LogP contribution < -0.4 is 5.84 Å². The number of hydrogen-bond acceptors (Lipinski definition) is 4. The molecule has 5 nitrogen and oxygen atoms in total. The molecule has 0 bridgehead atoms. The summed E-state index contributed by atoms with van der Waals surface area (Å²) in [5, 5.41) is 9.23. The van der Waals surface area contributed by atoms with E-state index in [0.717, 1.165) is 12.8 Å². The quantitative estimate of drug-likeness (QED) is 0.197. The molecule has 0 saturated carbocycles. The van der Waals surface area contributed by atoms with E-state index in [0.29, 0.717) is 13.1 Å². The molecule has 2 N–H and O–H groups in total. The summed E-state index contributed by atoms with van der Waals surface area (Å²) in [6.45, 7) is 0.951. The topological polar surface area (TPSA) is 80.2 Å². The van der Waals surface area contributed by atoms with Gasteiger partial charge in [0, 0.05) is 0 Å². The lowest BCUT2D eigenvalue weighted by molar-refractivity contribution is 0.726. The van der Waals surface area contributed by atoms with Gasteiger partial charge in [0.05, 0.1) is 13.1 Å². The van der Waals surface area contributed by atoms with Crippen LogP contribution >= 0.6 is 0 Å². The second-order valence-electron chi connectivity index (χ2n) is 1.54. The van der Waals surface area contributed by atoms with E-state index in [-0.39, 0.29) is 0 Å². The smallest absolute Gasteiger partial charge is 0.0811 e. The molecule has 0 aliphatic rings. The maximum absolute atomic E-state index is 9.51. The zero-order chi connectivity index (χ0) is 6.95. The molecule has 0 unspecified atom stereocenters. The Labute approximate surface area is 53.3 Å². The van der Waals surface area contributed by atoms with Crippen LogP contribution in [0.25, 0.3) is 0 Å². The van der Waals surface area contributed by atoms with Gasteiger partial charge < -0.3 is 5.84 Å². The summed E-state index contributed by atoms with van der Waals surface area (Å²) in [5.74, 6) is 4.72. The van der Waals surface area contributed by atoms with Gasteiger partial charge in [0.2, 0.25) is 0 Å². The molecular weight excluding hydrogens is 120 g/mol. The molecule has 0 rings (SSSR count). The van der Waals surface area contributed by atoms with Crippen LogP contribution in [0.15, 0.2) is 15.5 Å². The molecule has 0 amide bonds. The van der Waals surface area contributed by atoms with Gasteiger partial charge in [0.25, 0.3) is 0 Å². The lowest BCUT2D eigenvalue weighted by Crippen LogP contribution is -1.85. The Morgan fingerprint density at radius 1 is 1.22 bits per heavy atom. The van der Waals surface area contributed by atoms with E-state index in [2.05, 4.69) is 15.5 Å². The fourth-order valence-electron chi connectivity index (χ4n) is 0.417. The van der Waals surface area contributed by atoms with E-state index in [1.807, 2.05) is 0 Å². The largest absolute Gasteiger partial charge is 0.305 e. The van der Waals surface area contributed by atoms with Crippen LogP contribution in [0.4, 0.5) is 0 Å². The highest BCUT2D eigenvalue weighted by Gasteiger charge is 1.84. The molecule has 52 valence electrons. The Morgan fingerprint density at radius 3 is 2.44 bits per heavy atom. The number of unbranched alkanes of at least 4 members (excludes halogenated alkanes) is 1. The van der Waals surface area contributed by atoms with Crippen LogP contribution in [0, 0.1) is 4.91 Å². The zero-order valence-corrected chi connectivity index (χ0v) is 5.16. The fourth-order valence-corrected chi connectivity index (χ4v) is 0.417. The minimum atomic E-state index is 0.361. The van der Waals surface area contributed by atoms with Crippen LogP contribution in [0.5, 0.6) is 0 Å². The van der Waals surface area contributed by atoms with Crippen molar-refractivity contribution in [3.8, 4) is 0 Å². The van der Waals surface area contributed by atoms with Crippen LogP contribution in [0.2, 0.25) is 0 Å². The third kappa shape index (κ3) is 7.00. The van der Waals surface area contributed by atoms with Gasteiger partial charge >= 0.3 is 0 Å². The Bertz CT molecular complexity index is 92.6. The molecule has 0 aromatic rings. The van der Waals surface area contributed by atoms with Crippen molar-refractivity contribution in [3.63, 3.8) is 0 Å². The van der Waals surface area contributed by atoms with Crippen LogP contribution in [0.1, 0.15) is 12.8 Å². The number of rotatable bonds is 5. The predicted molar refractivity (Wildman–Crippen MR) is 33.8 cm³/mol. The second kappa shape index (κ2) is 7.00. The molecule has 9 heavy (non-hydrogen) atoms. The van der Waals surface area contributed by atoms with Gasteiger partial charge in [-0.15, -0.1) is 0 Å². The van der Waals surface area contributed by atoms with Crippen molar-refractivity contribution < 1.29 is 0 Å². The Morgan fingerprint density at radius 2 is 1.89 bits per heavy atom. The maximum atomic E-state index is 9.51. The summed E-state index contributed by atoms with van der Waals surface area (Å²) in [4.78, 5) is 9.51. The first kappa shape index (κ1) is 8.00. The van der Waals surface area contributed by atoms with Crippen molar-refractivity contribution in [3.05, 3.63) is 4.91 Å². The maximum Gasteiger partial charge on any atom is 0.0811 e. The minimum Gasteiger partial charge on any atom is -0.305 e. The van der Waals surface area contributed by atoms with Crippen molar-refractivity contribution >= 4 is 0 Å². The average Bonchev–Trinajstić information content (AvgIpc) is 1.89. The van der Waals surface area contributed by atoms with E-state index in [9.17, 15) is 4.91 Å². The van der Waals surface area contributed by atoms with E-state index in [4.69, 9.17) is 5.84 Å². The highest BCUT2D eigenvalue weighted by atomic mass is 16.3. The van der Waals surface area contributed by atoms with Crippen LogP contribution in [-0.2, 0) is 0 Å². The Kier molecular flexibility index (Phi) is 6.22. The first-order valence-electron chi connectivity index (χ1n) is 2.77. The Hall–Kier alpha value is -1.00. The number of nitrogens with zero attached hydrogens (tertiary/aromatic N) is 3. The van der Waals surface area contributed by atoms with Crippen LogP contribution in [-0.4, -0.2) is 13.1 Å². The zero-order valence-electron chi connectivity index (χ0n) is 5.16. The molecule has 0 aromatic heterocycles. The lowest BCUT2D eigenvalue weighted by Gasteiger charge is -1.86. The monoisotopic (exact) mass is 130 g/mol. The predicted octanol–water partition coefficient (Wildman–Crippen LogP) is 0.859. The molecule has 0 radical (unpaired) electrons. The standard InChI is InChI=1S/C4H10N4O/c5-8-6-3-1-2-4-7-9/h1-4H2,(H2,5,6). The lowest BCUT2D eigenvalue weighted by atomic mass is 10.3. The molecule has 0 aromatic carbocycles. The third-order valence-corrected chi connectivity index (χ3v) is 0.839. The van der Waals surface area contributed by atoms with Gasteiger partial charge in [-0.05, 0) is 12.8 Å². The number of hydrogen-bond donors (Lipinski definition) is 1. The highest BCUT2D eigenvalue weighted by Crippen LogP contribution is 1.89. The van der Waals surface area contributed by atoms with Crippen LogP contribution in [0.3, 0.4) is 0 Å². The number of nitrogens with two attached hydrogens (primary N) is 1. The molecule has 0 saturated heterocycles. The van der Waals surface area contributed by atoms with E-state index in [1.54, 1.807) is 0 Å². The first-order valence-corrected chi connectivity index (χ1v) is 2.77. The van der Waals surface area contributed by atoms with Crippen molar-refractivity contribution in [1.29, 1.82) is 0 Å². The minimum absolute atomic E-state index is 0.361. The van der Waals surface area contributed by atoms with E-state index >= 15 is 0 Å². The van der Waals surface area contributed by atoms with Gasteiger partial charge in [0.15, 0.2) is 0 Å². The van der Waals surface area contributed by atoms with Crippen molar-refractivity contribution in [2.75, 3.05) is 13.1 Å². The first-order chi connectivity index (χ1) is 4.41. The van der Waals surface area contributed by atoms with E-state index < -0.39 is 0 Å². The van der Waals surface area contributed by atoms with Crippen molar-refractivity contribution in [2.24, 2.45) is 21.4 Å². The summed E-state index contributed by atoms with van der Waals surface area (Å²) < 4.78 is 0. The normalized spacial score (nSPS) is 10.2. The van der Waals surface area contributed by atoms with Gasteiger partial charge in [-0.25, -0.2) is 0 Å². The SMILES string of the molecule is NN=NCCCCN=O.